The van der Waals surface area contributed by atoms with Gasteiger partial charge in [-0.05, 0) is 43.4 Å². The average molecular weight is 457 g/mol. The van der Waals surface area contributed by atoms with Gasteiger partial charge in [-0.2, -0.15) is 0 Å². The zero-order valence-electron chi connectivity index (χ0n) is 20.1. The van der Waals surface area contributed by atoms with Crippen LogP contribution in [0, 0.1) is 0 Å². The Balaban J connectivity index is 1.49. The molecule has 1 aromatic rings. The molecule has 1 aliphatic carbocycles. The van der Waals surface area contributed by atoms with E-state index in [1.165, 1.54) is 4.90 Å². The maximum absolute atomic E-state index is 13.4. The minimum atomic E-state index is -0.767. The van der Waals surface area contributed by atoms with Gasteiger partial charge in [-0.15, -0.1) is 0 Å². The summed E-state index contributed by atoms with van der Waals surface area (Å²) in [6.45, 7) is 1.38. The molecule has 3 aliphatic rings. The van der Waals surface area contributed by atoms with E-state index in [1.54, 1.807) is 16.8 Å². The molecule has 0 radical (unpaired) electrons. The first kappa shape index (κ1) is 23.5. The van der Waals surface area contributed by atoms with Crippen molar-refractivity contribution in [2.45, 2.75) is 63.1 Å². The number of carbonyl (C=O) groups is 3. The van der Waals surface area contributed by atoms with E-state index in [0.29, 0.717) is 32.5 Å². The van der Waals surface area contributed by atoms with E-state index in [0.717, 1.165) is 43.4 Å². The topological polar surface area (TPSA) is 73.4 Å². The molecule has 4 rings (SSSR count). The van der Waals surface area contributed by atoms with Crippen LogP contribution in [-0.4, -0.2) is 85.0 Å². The Bertz CT molecular complexity index is 873. The number of nitrogens with zero attached hydrogens (tertiary/aromatic N) is 4. The molecule has 8 heteroatoms. The van der Waals surface area contributed by atoms with Gasteiger partial charge >= 0.3 is 6.03 Å². The summed E-state index contributed by atoms with van der Waals surface area (Å²) in [5.41, 5.74) is 1.33. The van der Waals surface area contributed by atoms with Crippen molar-refractivity contribution in [1.82, 2.24) is 14.7 Å². The summed E-state index contributed by atoms with van der Waals surface area (Å²) in [7, 11) is 5.68. The van der Waals surface area contributed by atoms with E-state index in [4.69, 9.17) is 4.74 Å². The van der Waals surface area contributed by atoms with Crippen molar-refractivity contribution in [1.29, 1.82) is 0 Å². The van der Waals surface area contributed by atoms with Crippen LogP contribution >= 0.6 is 0 Å². The summed E-state index contributed by atoms with van der Waals surface area (Å²) < 4.78 is 5.78. The number of rotatable bonds is 7. The summed E-state index contributed by atoms with van der Waals surface area (Å²) in [5.74, 6) is -0.430. The van der Waals surface area contributed by atoms with Crippen LogP contribution < -0.4 is 4.90 Å². The van der Waals surface area contributed by atoms with Crippen molar-refractivity contribution in [3.63, 3.8) is 0 Å². The highest BCUT2D eigenvalue weighted by Crippen LogP contribution is 2.39. The molecule has 1 spiro atoms. The lowest BCUT2D eigenvalue weighted by Gasteiger charge is -2.35. The van der Waals surface area contributed by atoms with Crippen LogP contribution in [0.3, 0.4) is 0 Å². The van der Waals surface area contributed by atoms with Gasteiger partial charge in [0.1, 0.15) is 12.1 Å². The van der Waals surface area contributed by atoms with Crippen molar-refractivity contribution >= 4 is 23.5 Å². The number of carbonyl (C=O) groups excluding carboxylic acids is 3. The van der Waals surface area contributed by atoms with E-state index < -0.39 is 5.54 Å². The van der Waals surface area contributed by atoms with Crippen LogP contribution in [0.15, 0.2) is 24.3 Å². The molecule has 33 heavy (non-hydrogen) atoms. The third kappa shape index (κ3) is 4.71. The highest BCUT2D eigenvalue weighted by molar-refractivity contribution is 6.08. The number of imide groups is 1. The number of benzene rings is 1. The predicted molar refractivity (Wildman–Crippen MR) is 126 cm³/mol. The molecule has 4 amide bonds. The average Bonchev–Trinajstić information content (AvgIpc) is 3.39. The van der Waals surface area contributed by atoms with Crippen molar-refractivity contribution in [2.75, 3.05) is 45.7 Å². The van der Waals surface area contributed by atoms with Gasteiger partial charge in [0, 0.05) is 46.5 Å². The Kier molecular flexibility index (Phi) is 6.93. The van der Waals surface area contributed by atoms with Crippen LogP contribution in [0.25, 0.3) is 0 Å². The van der Waals surface area contributed by atoms with Crippen LogP contribution in [-0.2, 0) is 20.9 Å². The minimum Gasteiger partial charge on any atom is -0.378 e. The van der Waals surface area contributed by atoms with Gasteiger partial charge in [0.25, 0.3) is 5.91 Å². The molecule has 0 aromatic heterocycles. The van der Waals surface area contributed by atoms with Gasteiger partial charge in [0.2, 0.25) is 5.91 Å². The van der Waals surface area contributed by atoms with E-state index in [9.17, 15) is 14.4 Å². The smallest absolute Gasteiger partial charge is 0.327 e. The fourth-order valence-corrected chi connectivity index (χ4v) is 5.31. The zero-order valence-corrected chi connectivity index (χ0v) is 20.1. The molecular formula is C25H36N4O4. The molecule has 1 atom stereocenters. The number of ether oxygens (including phenoxy) is 1. The van der Waals surface area contributed by atoms with Gasteiger partial charge in [-0.3, -0.25) is 14.5 Å². The minimum absolute atomic E-state index is 0.00709. The molecule has 1 saturated carbocycles. The summed E-state index contributed by atoms with van der Waals surface area (Å²) in [4.78, 5) is 46.3. The second kappa shape index (κ2) is 9.71. The maximum Gasteiger partial charge on any atom is 0.327 e. The molecule has 0 bridgehead atoms. The van der Waals surface area contributed by atoms with Gasteiger partial charge in [-0.1, -0.05) is 31.4 Å². The molecule has 180 valence electrons. The standard InChI is InChI=1S/C25H36N4O4/c1-26(2)20-11-9-19(10-12-20)16-28(17-21-8-7-15-33-21)22(30)18-29-23(31)25(27(3)24(29)32)13-5-4-6-14-25/h9-12,21H,4-8,13-18H2,1-3H3. The second-order valence-corrected chi connectivity index (χ2v) is 9.80. The van der Waals surface area contributed by atoms with Crippen molar-refractivity contribution in [2.24, 2.45) is 0 Å². The van der Waals surface area contributed by atoms with Gasteiger partial charge in [0.15, 0.2) is 0 Å². The van der Waals surface area contributed by atoms with E-state index in [1.807, 2.05) is 43.3 Å². The van der Waals surface area contributed by atoms with Crippen LogP contribution in [0.5, 0.6) is 0 Å². The molecule has 1 unspecified atom stereocenters. The predicted octanol–water partition coefficient (Wildman–Crippen LogP) is 2.86. The van der Waals surface area contributed by atoms with Crippen LogP contribution in [0.4, 0.5) is 10.5 Å². The number of likely N-dealkylation sites (N-methyl/N-ethyl adjacent to an activating group) is 1. The number of anilines is 1. The van der Waals surface area contributed by atoms with Gasteiger partial charge < -0.3 is 19.4 Å². The van der Waals surface area contributed by atoms with E-state index >= 15 is 0 Å². The number of hydrogen-bond donors (Lipinski definition) is 0. The third-order valence-electron chi connectivity index (χ3n) is 7.40. The lowest BCUT2D eigenvalue weighted by Crippen LogP contribution is -2.50. The fourth-order valence-electron chi connectivity index (χ4n) is 5.31. The lowest BCUT2D eigenvalue weighted by molar-refractivity contribution is -0.141. The van der Waals surface area contributed by atoms with E-state index in [-0.39, 0.29) is 30.5 Å². The zero-order chi connectivity index (χ0) is 23.6. The Morgan fingerprint density at radius 3 is 2.39 bits per heavy atom. The molecule has 0 N–H and O–H groups in total. The number of urea groups is 1. The molecular weight excluding hydrogens is 420 g/mol. The summed E-state index contributed by atoms with van der Waals surface area (Å²) in [5, 5.41) is 0. The number of hydrogen-bond acceptors (Lipinski definition) is 5. The SMILES string of the molecule is CN(C)c1ccc(CN(CC2CCCO2)C(=O)CN2C(=O)N(C)C3(CCCCC3)C2=O)cc1. The molecule has 2 aliphatic heterocycles. The van der Waals surface area contributed by atoms with Crippen LogP contribution in [0.1, 0.15) is 50.5 Å². The first-order valence-corrected chi connectivity index (χ1v) is 12.1. The third-order valence-corrected chi connectivity index (χ3v) is 7.40. The molecule has 8 nitrogen and oxygen atoms in total. The molecule has 2 saturated heterocycles. The Morgan fingerprint density at radius 1 is 1.09 bits per heavy atom. The first-order valence-electron chi connectivity index (χ1n) is 12.1. The molecule has 3 fully saturated rings. The van der Waals surface area contributed by atoms with Gasteiger partial charge in [-0.25, -0.2) is 4.79 Å². The highest BCUT2D eigenvalue weighted by atomic mass is 16.5. The second-order valence-electron chi connectivity index (χ2n) is 9.80. The normalized spacial score (nSPS) is 22.3. The Morgan fingerprint density at radius 2 is 1.79 bits per heavy atom. The van der Waals surface area contributed by atoms with Gasteiger partial charge in [0.05, 0.1) is 6.10 Å². The van der Waals surface area contributed by atoms with Crippen LogP contribution in [0.2, 0.25) is 0 Å². The van der Waals surface area contributed by atoms with Crippen molar-refractivity contribution in [3.05, 3.63) is 29.8 Å². The summed E-state index contributed by atoms with van der Waals surface area (Å²) in [6, 6.07) is 7.73. The monoisotopic (exact) mass is 456 g/mol. The molecule has 2 heterocycles. The maximum atomic E-state index is 13.4. The summed E-state index contributed by atoms with van der Waals surface area (Å²) in [6.07, 6.45) is 6.19. The lowest BCUT2D eigenvalue weighted by atomic mass is 9.81. The Hall–Kier alpha value is -2.61. The first-order chi connectivity index (χ1) is 15.8. The number of amides is 4. The van der Waals surface area contributed by atoms with E-state index in [2.05, 4.69) is 0 Å². The molecule has 1 aromatic carbocycles. The highest BCUT2D eigenvalue weighted by Gasteiger charge is 2.56. The Labute approximate surface area is 196 Å². The summed E-state index contributed by atoms with van der Waals surface area (Å²) >= 11 is 0. The fraction of sp³-hybridized carbons (Fsp3) is 0.640. The van der Waals surface area contributed by atoms with Crippen molar-refractivity contribution in [3.8, 4) is 0 Å². The van der Waals surface area contributed by atoms with Crippen molar-refractivity contribution < 1.29 is 19.1 Å². The quantitative estimate of drug-likeness (QED) is 0.590. The largest absolute Gasteiger partial charge is 0.378 e.